The Balaban J connectivity index is 2.21. The molecule has 2 heterocycles. The van der Waals surface area contributed by atoms with Crippen molar-refractivity contribution in [1.82, 2.24) is 14.6 Å². The molecule has 0 radical (unpaired) electrons. The zero-order valence-corrected chi connectivity index (χ0v) is 16.7. The molecule has 1 N–H and O–H groups in total. The maximum atomic E-state index is 6.05. The van der Waals surface area contributed by atoms with Gasteiger partial charge in [0.15, 0.2) is 5.65 Å². The predicted octanol–water partition coefficient (Wildman–Crippen LogP) is 4.71. The standard InChI is InChI=1S/C20H25ClN4O/c1-13-18(14-6-8-15(21)9-7-14)19-23-16(20(2,3)4)12-17(25(19)24-13)22-10-11-26-5/h6-9,12,22H,10-11H2,1-5H3. The molecule has 0 atom stereocenters. The highest BCUT2D eigenvalue weighted by Gasteiger charge is 2.22. The van der Waals surface area contributed by atoms with Crippen molar-refractivity contribution < 1.29 is 4.74 Å². The normalized spacial score (nSPS) is 11.9. The number of aromatic nitrogens is 3. The number of benzene rings is 1. The van der Waals surface area contributed by atoms with Crippen LogP contribution in [0.3, 0.4) is 0 Å². The van der Waals surface area contributed by atoms with Gasteiger partial charge in [-0.1, -0.05) is 44.5 Å². The smallest absolute Gasteiger partial charge is 0.165 e. The molecular weight excluding hydrogens is 348 g/mol. The van der Waals surface area contributed by atoms with Crippen molar-refractivity contribution in [1.29, 1.82) is 0 Å². The summed E-state index contributed by atoms with van der Waals surface area (Å²) in [7, 11) is 1.70. The van der Waals surface area contributed by atoms with E-state index in [1.807, 2.05) is 35.7 Å². The van der Waals surface area contributed by atoms with Crippen LogP contribution in [0.1, 0.15) is 32.2 Å². The summed E-state index contributed by atoms with van der Waals surface area (Å²) in [5.74, 6) is 0.917. The van der Waals surface area contributed by atoms with Gasteiger partial charge in [0, 0.05) is 35.7 Å². The largest absolute Gasteiger partial charge is 0.383 e. The van der Waals surface area contributed by atoms with Crippen molar-refractivity contribution in [2.75, 3.05) is 25.6 Å². The Morgan fingerprint density at radius 3 is 2.50 bits per heavy atom. The lowest BCUT2D eigenvalue weighted by molar-refractivity contribution is 0.210. The summed E-state index contributed by atoms with van der Waals surface area (Å²) >= 11 is 6.05. The summed E-state index contributed by atoms with van der Waals surface area (Å²) in [5.41, 5.74) is 4.80. The molecule has 0 aliphatic carbocycles. The molecule has 26 heavy (non-hydrogen) atoms. The van der Waals surface area contributed by atoms with Gasteiger partial charge in [0.1, 0.15) is 5.82 Å². The van der Waals surface area contributed by atoms with Crippen LogP contribution in [0.5, 0.6) is 0 Å². The fourth-order valence-electron chi connectivity index (χ4n) is 2.87. The van der Waals surface area contributed by atoms with Crippen LogP contribution in [0.25, 0.3) is 16.8 Å². The summed E-state index contributed by atoms with van der Waals surface area (Å²) in [6.07, 6.45) is 0. The molecule has 0 bridgehead atoms. The quantitative estimate of drug-likeness (QED) is 0.659. The molecule has 6 heteroatoms. The molecule has 0 aliphatic rings. The first-order valence-corrected chi connectivity index (χ1v) is 9.08. The molecule has 3 rings (SSSR count). The minimum Gasteiger partial charge on any atom is -0.383 e. The third-order valence-electron chi connectivity index (χ3n) is 4.28. The van der Waals surface area contributed by atoms with E-state index >= 15 is 0 Å². The number of hydrogen-bond donors (Lipinski definition) is 1. The lowest BCUT2D eigenvalue weighted by Gasteiger charge is -2.20. The molecule has 2 aromatic heterocycles. The minimum absolute atomic E-state index is 0.0745. The van der Waals surface area contributed by atoms with Gasteiger partial charge in [-0.3, -0.25) is 0 Å². The Bertz CT molecular complexity index is 910. The Labute approximate surface area is 159 Å². The fraction of sp³-hybridized carbons (Fsp3) is 0.400. The van der Waals surface area contributed by atoms with Gasteiger partial charge in [-0.25, -0.2) is 4.98 Å². The van der Waals surface area contributed by atoms with Crippen LogP contribution in [0.15, 0.2) is 30.3 Å². The van der Waals surface area contributed by atoms with Crippen molar-refractivity contribution in [2.24, 2.45) is 0 Å². The van der Waals surface area contributed by atoms with E-state index in [0.717, 1.165) is 34.0 Å². The van der Waals surface area contributed by atoms with Crippen LogP contribution >= 0.6 is 11.6 Å². The summed E-state index contributed by atoms with van der Waals surface area (Å²) in [6, 6.07) is 9.88. The first-order chi connectivity index (χ1) is 12.3. The van der Waals surface area contributed by atoms with E-state index in [2.05, 4.69) is 32.2 Å². The summed E-state index contributed by atoms with van der Waals surface area (Å²) in [6.45, 7) is 9.82. The second kappa shape index (κ2) is 7.25. The molecule has 0 unspecified atom stereocenters. The Hall–Kier alpha value is -2.11. The number of halogens is 1. The molecule has 0 amide bonds. The number of hydrogen-bond acceptors (Lipinski definition) is 4. The van der Waals surface area contributed by atoms with Crippen LogP contribution in [0.4, 0.5) is 5.82 Å². The molecule has 0 spiro atoms. The SMILES string of the molecule is COCCNc1cc(C(C)(C)C)nc2c(-c3ccc(Cl)cc3)c(C)nn12. The lowest BCUT2D eigenvalue weighted by atomic mass is 9.92. The van der Waals surface area contributed by atoms with Crippen molar-refractivity contribution >= 4 is 23.1 Å². The zero-order valence-electron chi connectivity index (χ0n) is 15.9. The highest BCUT2D eigenvalue weighted by molar-refractivity contribution is 6.30. The maximum absolute atomic E-state index is 6.05. The number of fused-ring (bicyclic) bond motifs is 1. The van der Waals surface area contributed by atoms with E-state index in [4.69, 9.17) is 26.4 Å². The van der Waals surface area contributed by atoms with Crippen LogP contribution in [0, 0.1) is 6.92 Å². The molecule has 0 saturated carbocycles. The number of aryl methyl sites for hydroxylation is 1. The molecule has 5 nitrogen and oxygen atoms in total. The maximum Gasteiger partial charge on any atom is 0.165 e. The molecule has 3 aromatic rings. The topological polar surface area (TPSA) is 51.5 Å². The first kappa shape index (κ1) is 18.7. The van der Waals surface area contributed by atoms with Crippen LogP contribution < -0.4 is 5.32 Å². The Morgan fingerprint density at radius 1 is 1.19 bits per heavy atom. The van der Waals surface area contributed by atoms with E-state index in [1.165, 1.54) is 0 Å². The Kier molecular flexibility index (Phi) is 5.21. The summed E-state index contributed by atoms with van der Waals surface area (Å²) in [4.78, 5) is 4.95. The van der Waals surface area contributed by atoms with Crippen LogP contribution in [-0.4, -0.2) is 34.9 Å². The van der Waals surface area contributed by atoms with Crippen LogP contribution in [-0.2, 0) is 10.2 Å². The molecule has 138 valence electrons. The zero-order chi connectivity index (χ0) is 18.9. The van der Waals surface area contributed by atoms with E-state index < -0.39 is 0 Å². The van der Waals surface area contributed by atoms with Crippen molar-refractivity contribution in [3.8, 4) is 11.1 Å². The number of ether oxygens (including phenoxy) is 1. The average molecular weight is 373 g/mol. The highest BCUT2D eigenvalue weighted by atomic mass is 35.5. The molecule has 1 aromatic carbocycles. The van der Waals surface area contributed by atoms with Crippen molar-refractivity contribution in [3.63, 3.8) is 0 Å². The van der Waals surface area contributed by atoms with E-state index in [9.17, 15) is 0 Å². The van der Waals surface area contributed by atoms with Gasteiger partial charge < -0.3 is 10.1 Å². The number of nitrogens with one attached hydrogen (secondary N) is 1. The van der Waals surface area contributed by atoms with E-state index in [1.54, 1.807) is 7.11 Å². The van der Waals surface area contributed by atoms with Gasteiger partial charge in [-0.05, 0) is 24.6 Å². The van der Waals surface area contributed by atoms with E-state index in [-0.39, 0.29) is 5.41 Å². The molecule has 0 saturated heterocycles. The van der Waals surface area contributed by atoms with Crippen molar-refractivity contribution in [2.45, 2.75) is 33.1 Å². The van der Waals surface area contributed by atoms with Gasteiger partial charge in [-0.2, -0.15) is 9.61 Å². The number of nitrogens with zero attached hydrogens (tertiary/aromatic N) is 3. The third-order valence-corrected chi connectivity index (χ3v) is 4.53. The number of methoxy groups -OCH3 is 1. The fourth-order valence-corrected chi connectivity index (χ4v) is 3.00. The number of anilines is 1. The minimum atomic E-state index is -0.0745. The van der Waals surface area contributed by atoms with Gasteiger partial charge >= 0.3 is 0 Å². The van der Waals surface area contributed by atoms with E-state index in [0.29, 0.717) is 18.2 Å². The lowest BCUT2D eigenvalue weighted by Crippen LogP contribution is -2.17. The molecular formula is C20H25ClN4O. The predicted molar refractivity (Wildman–Crippen MR) is 107 cm³/mol. The number of rotatable bonds is 5. The van der Waals surface area contributed by atoms with Crippen LogP contribution in [0.2, 0.25) is 5.02 Å². The van der Waals surface area contributed by atoms with Gasteiger partial charge in [0.05, 0.1) is 18.0 Å². The highest BCUT2D eigenvalue weighted by Crippen LogP contribution is 2.32. The Morgan fingerprint density at radius 2 is 1.88 bits per heavy atom. The summed E-state index contributed by atoms with van der Waals surface area (Å²) < 4.78 is 7.04. The van der Waals surface area contributed by atoms with Gasteiger partial charge in [-0.15, -0.1) is 0 Å². The third kappa shape index (κ3) is 3.69. The molecule has 0 aliphatic heterocycles. The van der Waals surface area contributed by atoms with Gasteiger partial charge in [0.25, 0.3) is 0 Å². The molecule has 0 fully saturated rings. The first-order valence-electron chi connectivity index (χ1n) is 8.71. The van der Waals surface area contributed by atoms with Gasteiger partial charge in [0.2, 0.25) is 0 Å². The second-order valence-electron chi connectivity index (χ2n) is 7.40. The monoisotopic (exact) mass is 372 g/mol. The average Bonchev–Trinajstić information content (AvgIpc) is 2.91. The summed E-state index contributed by atoms with van der Waals surface area (Å²) in [5, 5.41) is 8.86. The van der Waals surface area contributed by atoms with Crippen molar-refractivity contribution in [3.05, 3.63) is 46.7 Å². The second-order valence-corrected chi connectivity index (χ2v) is 7.84.